The van der Waals surface area contributed by atoms with Crippen LogP contribution >= 0.6 is 0 Å². The van der Waals surface area contributed by atoms with Crippen LogP contribution in [-0.2, 0) is 6.42 Å². The Balaban J connectivity index is 2.17. The number of hydrogen-bond acceptors (Lipinski definition) is 2. The fourth-order valence-electron chi connectivity index (χ4n) is 1.53. The lowest BCUT2D eigenvalue weighted by molar-refractivity contribution is 0.232. The molecule has 1 aliphatic heterocycles. The van der Waals surface area contributed by atoms with Crippen molar-refractivity contribution in [2.75, 3.05) is 6.54 Å². The molecule has 1 aliphatic rings. The smallest absolute Gasteiger partial charge is 0.165 e. The van der Waals surface area contributed by atoms with E-state index in [0.29, 0.717) is 12.2 Å². The minimum absolute atomic E-state index is 0.224. The van der Waals surface area contributed by atoms with Crippen LogP contribution in [0.25, 0.3) is 10.4 Å². The maximum Gasteiger partial charge on any atom is 0.165 e. The van der Waals surface area contributed by atoms with Gasteiger partial charge in [-0.25, -0.2) is 4.39 Å². The molecule has 0 aliphatic carbocycles. The summed E-state index contributed by atoms with van der Waals surface area (Å²) in [6.07, 6.45) is 0.379. The van der Waals surface area contributed by atoms with Gasteiger partial charge in [-0.05, 0) is 11.6 Å². The third kappa shape index (κ3) is 1.49. The van der Waals surface area contributed by atoms with E-state index < -0.39 is 0 Å². The van der Waals surface area contributed by atoms with E-state index in [1.807, 2.05) is 6.07 Å². The number of benzene rings is 1. The first-order chi connectivity index (χ1) is 6.81. The lowest BCUT2D eigenvalue weighted by Gasteiger charge is -2.05. The molecule has 0 bridgehead atoms. The first kappa shape index (κ1) is 8.84. The van der Waals surface area contributed by atoms with E-state index in [-0.39, 0.29) is 18.5 Å². The van der Waals surface area contributed by atoms with Gasteiger partial charge in [0, 0.05) is 16.9 Å². The van der Waals surface area contributed by atoms with Crippen LogP contribution in [0.15, 0.2) is 23.3 Å². The van der Waals surface area contributed by atoms with Gasteiger partial charge in [0.2, 0.25) is 0 Å². The van der Waals surface area contributed by atoms with Gasteiger partial charge >= 0.3 is 0 Å². The summed E-state index contributed by atoms with van der Waals surface area (Å²) in [5.41, 5.74) is 8.96. The summed E-state index contributed by atoms with van der Waals surface area (Å²) in [6.45, 7) is 0.241. The summed E-state index contributed by atoms with van der Waals surface area (Å²) < 4.78 is 18.5. The molecule has 1 atom stereocenters. The van der Waals surface area contributed by atoms with E-state index in [2.05, 4.69) is 10.0 Å². The van der Waals surface area contributed by atoms with Crippen LogP contribution in [0.3, 0.4) is 0 Å². The van der Waals surface area contributed by atoms with E-state index in [1.165, 1.54) is 6.07 Å². The fraction of sp³-hybridized carbons (Fsp3) is 0.333. The van der Waals surface area contributed by atoms with Gasteiger partial charge in [-0.15, -0.1) is 0 Å². The van der Waals surface area contributed by atoms with Crippen LogP contribution in [0, 0.1) is 5.82 Å². The zero-order chi connectivity index (χ0) is 9.97. The van der Waals surface area contributed by atoms with E-state index in [1.54, 1.807) is 6.07 Å². The Labute approximate surface area is 79.9 Å². The van der Waals surface area contributed by atoms with Crippen molar-refractivity contribution in [2.45, 2.75) is 12.5 Å². The van der Waals surface area contributed by atoms with Crippen LogP contribution in [0.4, 0.5) is 4.39 Å². The van der Waals surface area contributed by atoms with Crippen LogP contribution < -0.4 is 4.74 Å². The number of azide groups is 1. The lowest BCUT2D eigenvalue weighted by atomic mass is 10.1. The molecule has 4 nitrogen and oxygen atoms in total. The first-order valence-electron chi connectivity index (χ1n) is 4.26. The molecule has 0 saturated heterocycles. The SMILES string of the molecule is [N-]=[N+]=NCC1Cc2cccc(F)c2O1. The third-order valence-electron chi connectivity index (χ3n) is 2.13. The molecule has 1 unspecified atom stereocenters. The molecule has 2 rings (SSSR count). The van der Waals surface area contributed by atoms with E-state index in [4.69, 9.17) is 10.3 Å². The van der Waals surface area contributed by atoms with Crippen molar-refractivity contribution in [1.82, 2.24) is 0 Å². The number of nitrogens with zero attached hydrogens (tertiary/aromatic N) is 3. The quantitative estimate of drug-likeness (QED) is 0.404. The van der Waals surface area contributed by atoms with Gasteiger partial charge in [0.25, 0.3) is 0 Å². The number of para-hydroxylation sites is 1. The number of rotatable bonds is 2. The van der Waals surface area contributed by atoms with Crippen molar-refractivity contribution < 1.29 is 9.13 Å². The van der Waals surface area contributed by atoms with Crippen molar-refractivity contribution in [3.05, 3.63) is 40.0 Å². The molecule has 0 N–H and O–H groups in total. The maximum absolute atomic E-state index is 13.2. The molecule has 1 heterocycles. The van der Waals surface area contributed by atoms with Crippen LogP contribution in [-0.4, -0.2) is 12.6 Å². The van der Waals surface area contributed by atoms with Crippen molar-refractivity contribution >= 4 is 0 Å². The minimum atomic E-state index is -0.356. The molecule has 72 valence electrons. The highest BCUT2D eigenvalue weighted by molar-refractivity contribution is 5.38. The second kappa shape index (κ2) is 3.55. The summed E-state index contributed by atoms with van der Waals surface area (Å²) in [5.74, 6) is -0.0587. The predicted octanol–water partition coefficient (Wildman–Crippen LogP) is 2.44. The molecule has 0 spiro atoms. The second-order valence-corrected chi connectivity index (χ2v) is 3.09. The van der Waals surface area contributed by atoms with Gasteiger partial charge in [-0.3, -0.25) is 0 Å². The summed E-state index contributed by atoms with van der Waals surface area (Å²) in [5, 5.41) is 3.40. The zero-order valence-electron chi connectivity index (χ0n) is 7.35. The van der Waals surface area contributed by atoms with Gasteiger partial charge in [-0.2, -0.15) is 0 Å². The Morgan fingerprint density at radius 3 is 3.21 bits per heavy atom. The molecule has 0 fully saturated rings. The standard InChI is InChI=1S/C9H8FN3O/c10-8-3-1-2-6-4-7(5-12-13-11)14-9(6)8/h1-3,7H,4-5H2. The van der Waals surface area contributed by atoms with E-state index in [9.17, 15) is 4.39 Å². The van der Waals surface area contributed by atoms with E-state index >= 15 is 0 Å². The number of fused-ring (bicyclic) bond motifs is 1. The highest BCUT2D eigenvalue weighted by Crippen LogP contribution is 2.31. The van der Waals surface area contributed by atoms with Gasteiger partial charge in [0.1, 0.15) is 6.10 Å². The van der Waals surface area contributed by atoms with Crippen LogP contribution in [0.5, 0.6) is 5.75 Å². The highest BCUT2D eigenvalue weighted by atomic mass is 19.1. The number of ether oxygens (including phenoxy) is 1. The summed E-state index contributed by atoms with van der Waals surface area (Å²) in [4.78, 5) is 2.64. The molecule has 0 radical (unpaired) electrons. The Morgan fingerprint density at radius 2 is 2.50 bits per heavy atom. The predicted molar refractivity (Wildman–Crippen MR) is 48.5 cm³/mol. The summed E-state index contributed by atoms with van der Waals surface area (Å²) >= 11 is 0. The molecule has 1 aromatic rings. The van der Waals surface area contributed by atoms with Crippen LogP contribution in [0.2, 0.25) is 0 Å². The van der Waals surface area contributed by atoms with Gasteiger partial charge in [-0.1, -0.05) is 17.2 Å². The van der Waals surface area contributed by atoms with E-state index in [0.717, 1.165) is 5.56 Å². The molecule has 0 saturated carbocycles. The molecular formula is C9H8FN3O. The van der Waals surface area contributed by atoms with Crippen molar-refractivity contribution in [3.63, 3.8) is 0 Å². The monoisotopic (exact) mass is 193 g/mol. The molecule has 0 amide bonds. The topological polar surface area (TPSA) is 58.0 Å². The lowest BCUT2D eigenvalue weighted by Crippen LogP contribution is -2.16. The molecule has 1 aromatic carbocycles. The zero-order valence-corrected chi connectivity index (χ0v) is 7.35. The Morgan fingerprint density at radius 1 is 1.64 bits per heavy atom. The third-order valence-corrected chi connectivity index (χ3v) is 2.13. The van der Waals surface area contributed by atoms with Crippen LogP contribution in [0.1, 0.15) is 5.56 Å². The molecule has 0 aromatic heterocycles. The van der Waals surface area contributed by atoms with Gasteiger partial charge < -0.3 is 4.74 Å². The fourth-order valence-corrected chi connectivity index (χ4v) is 1.53. The normalized spacial score (nSPS) is 18.2. The summed E-state index contributed by atoms with van der Waals surface area (Å²) in [7, 11) is 0. The molecule has 14 heavy (non-hydrogen) atoms. The maximum atomic E-state index is 13.2. The first-order valence-corrected chi connectivity index (χ1v) is 4.26. The average molecular weight is 193 g/mol. The Bertz CT molecular complexity index is 401. The van der Waals surface area contributed by atoms with Crippen molar-refractivity contribution in [1.29, 1.82) is 0 Å². The Hall–Kier alpha value is -1.74. The average Bonchev–Trinajstić information content (AvgIpc) is 2.59. The molecule has 5 heteroatoms. The van der Waals surface area contributed by atoms with Gasteiger partial charge in [0.05, 0.1) is 6.54 Å². The molecular weight excluding hydrogens is 185 g/mol. The summed E-state index contributed by atoms with van der Waals surface area (Å²) in [6, 6.07) is 4.82. The van der Waals surface area contributed by atoms with Crippen molar-refractivity contribution in [3.8, 4) is 5.75 Å². The number of halogens is 1. The second-order valence-electron chi connectivity index (χ2n) is 3.09. The number of hydrogen-bond donors (Lipinski definition) is 0. The Kier molecular flexibility index (Phi) is 2.24. The largest absolute Gasteiger partial charge is 0.487 e. The minimum Gasteiger partial charge on any atom is -0.487 e. The van der Waals surface area contributed by atoms with Crippen molar-refractivity contribution in [2.24, 2.45) is 5.11 Å². The highest BCUT2D eigenvalue weighted by Gasteiger charge is 2.24. The van der Waals surface area contributed by atoms with Gasteiger partial charge in [0.15, 0.2) is 11.6 Å².